The number of nitrogens with zero attached hydrogens (tertiary/aromatic N) is 2. The number of carbonyl (C=O) groups is 1. The molecule has 0 aliphatic heterocycles. The van der Waals surface area contributed by atoms with Gasteiger partial charge >= 0.3 is 6.61 Å². The van der Waals surface area contributed by atoms with Gasteiger partial charge in [-0.25, -0.2) is 9.37 Å². The molecule has 0 unspecified atom stereocenters. The van der Waals surface area contributed by atoms with E-state index >= 15 is 0 Å². The number of aromatic nitrogens is 1. The number of fused-ring (bicyclic) bond motifs is 1. The SMILES string of the molecule is CN(CC(=O)Nc1nc2ccc(F)cc2s1)Cc1ccc(OC(F)F)cc1. The molecule has 2 aromatic carbocycles. The van der Waals surface area contributed by atoms with Gasteiger partial charge in [-0.1, -0.05) is 23.5 Å². The highest BCUT2D eigenvalue weighted by Crippen LogP contribution is 2.26. The predicted octanol–water partition coefficient (Wildman–Crippen LogP) is 4.11. The van der Waals surface area contributed by atoms with Crippen LogP contribution in [-0.2, 0) is 11.3 Å². The molecule has 3 rings (SSSR count). The van der Waals surface area contributed by atoms with Crippen molar-refractivity contribution in [3.8, 4) is 5.75 Å². The highest BCUT2D eigenvalue weighted by molar-refractivity contribution is 7.22. The second-order valence-corrected chi connectivity index (χ2v) is 6.90. The summed E-state index contributed by atoms with van der Waals surface area (Å²) in [6.45, 7) is -2.30. The van der Waals surface area contributed by atoms with Crippen LogP contribution in [0.1, 0.15) is 5.56 Å². The monoisotopic (exact) mass is 395 g/mol. The van der Waals surface area contributed by atoms with Gasteiger partial charge < -0.3 is 10.1 Å². The smallest absolute Gasteiger partial charge is 0.387 e. The Bertz CT molecular complexity index is 931. The molecule has 27 heavy (non-hydrogen) atoms. The number of hydrogen-bond donors (Lipinski definition) is 1. The summed E-state index contributed by atoms with van der Waals surface area (Å²) in [6, 6.07) is 10.5. The summed E-state index contributed by atoms with van der Waals surface area (Å²) >= 11 is 1.20. The fourth-order valence-electron chi connectivity index (χ4n) is 2.50. The van der Waals surface area contributed by atoms with Crippen LogP contribution < -0.4 is 10.1 Å². The van der Waals surface area contributed by atoms with Crippen LogP contribution in [-0.4, -0.2) is 36.0 Å². The van der Waals surface area contributed by atoms with Crippen LogP contribution in [0.4, 0.5) is 18.3 Å². The third kappa shape index (κ3) is 5.41. The number of amides is 1. The molecule has 0 radical (unpaired) electrons. The number of halogens is 3. The number of benzene rings is 2. The van der Waals surface area contributed by atoms with Crippen LogP contribution in [0.3, 0.4) is 0 Å². The van der Waals surface area contributed by atoms with E-state index in [4.69, 9.17) is 0 Å². The number of nitrogens with one attached hydrogen (secondary N) is 1. The molecule has 1 heterocycles. The second-order valence-electron chi connectivity index (χ2n) is 5.87. The van der Waals surface area contributed by atoms with E-state index in [1.54, 1.807) is 30.1 Å². The van der Waals surface area contributed by atoms with Crippen molar-refractivity contribution in [1.82, 2.24) is 9.88 Å². The highest BCUT2D eigenvalue weighted by Gasteiger charge is 2.11. The van der Waals surface area contributed by atoms with E-state index in [9.17, 15) is 18.0 Å². The normalized spacial score (nSPS) is 11.3. The van der Waals surface area contributed by atoms with Crippen molar-refractivity contribution in [3.63, 3.8) is 0 Å². The fraction of sp³-hybridized carbons (Fsp3) is 0.222. The number of alkyl halides is 2. The van der Waals surface area contributed by atoms with Crippen molar-refractivity contribution in [2.75, 3.05) is 18.9 Å². The molecule has 1 N–H and O–H groups in total. The molecular weight excluding hydrogens is 379 g/mol. The van der Waals surface area contributed by atoms with E-state index in [0.717, 1.165) is 5.56 Å². The third-order valence-electron chi connectivity index (χ3n) is 3.61. The molecule has 142 valence electrons. The summed E-state index contributed by atoms with van der Waals surface area (Å²) in [5, 5.41) is 3.10. The van der Waals surface area contributed by atoms with Gasteiger partial charge in [-0.05, 0) is 42.9 Å². The van der Waals surface area contributed by atoms with Crippen LogP contribution in [0.5, 0.6) is 5.75 Å². The lowest BCUT2D eigenvalue weighted by Gasteiger charge is -2.16. The van der Waals surface area contributed by atoms with Crippen molar-refractivity contribution in [2.24, 2.45) is 0 Å². The van der Waals surface area contributed by atoms with Gasteiger partial charge in [0.1, 0.15) is 11.6 Å². The van der Waals surface area contributed by atoms with Crippen LogP contribution in [0.2, 0.25) is 0 Å². The van der Waals surface area contributed by atoms with Crippen LogP contribution in [0, 0.1) is 5.82 Å². The summed E-state index contributed by atoms with van der Waals surface area (Å²) in [5.74, 6) is -0.523. The maximum Gasteiger partial charge on any atom is 0.387 e. The molecule has 0 aliphatic carbocycles. The first-order valence-corrected chi connectivity index (χ1v) is 8.79. The average molecular weight is 395 g/mol. The van der Waals surface area contributed by atoms with Crippen molar-refractivity contribution in [2.45, 2.75) is 13.2 Å². The molecule has 0 atom stereocenters. The minimum atomic E-state index is -2.86. The lowest BCUT2D eigenvalue weighted by molar-refractivity contribution is -0.117. The Labute approximate surface area is 157 Å². The molecule has 1 aromatic heterocycles. The Morgan fingerprint density at radius 3 is 2.70 bits per heavy atom. The van der Waals surface area contributed by atoms with E-state index < -0.39 is 6.61 Å². The standard InChI is InChI=1S/C18H16F3N3O2S/c1-24(9-11-2-5-13(6-3-11)26-17(20)21)10-16(25)23-18-22-14-7-4-12(19)8-15(14)27-18/h2-8,17H,9-10H2,1H3,(H,22,23,25). The predicted molar refractivity (Wildman–Crippen MR) is 97.6 cm³/mol. The van der Waals surface area contributed by atoms with Gasteiger partial charge in [0, 0.05) is 6.54 Å². The first-order chi connectivity index (χ1) is 12.9. The minimum Gasteiger partial charge on any atom is -0.435 e. The Morgan fingerprint density at radius 2 is 2.00 bits per heavy atom. The average Bonchev–Trinajstić information content (AvgIpc) is 2.97. The first kappa shape index (κ1) is 19.1. The highest BCUT2D eigenvalue weighted by atomic mass is 32.1. The molecule has 3 aromatic rings. The topological polar surface area (TPSA) is 54.5 Å². The van der Waals surface area contributed by atoms with E-state index in [0.29, 0.717) is 21.9 Å². The minimum absolute atomic E-state index is 0.0846. The van der Waals surface area contributed by atoms with Crippen molar-refractivity contribution in [1.29, 1.82) is 0 Å². The third-order valence-corrected chi connectivity index (χ3v) is 4.54. The molecule has 1 amide bonds. The van der Waals surface area contributed by atoms with E-state index in [-0.39, 0.29) is 24.0 Å². The molecule has 0 saturated carbocycles. The quantitative estimate of drug-likeness (QED) is 0.654. The van der Waals surface area contributed by atoms with Gasteiger partial charge in [0.2, 0.25) is 5.91 Å². The van der Waals surface area contributed by atoms with Crippen LogP contribution in [0.15, 0.2) is 42.5 Å². The van der Waals surface area contributed by atoms with Gasteiger partial charge in [-0.15, -0.1) is 0 Å². The summed E-state index contributed by atoms with van der Waals surface area (Å²) in [5.41, 5.74) is 1.47. The van der Waals surface area contributed by atoms with E-state index in [2.05, 4.69) is 15.0 Å². The van der Waals surface area contributed by atoms with Crippen molar-refractivity contribution >= 4 is 32.6 Å². The van der Waals surface area contributed by atoms with Gasteiger partial charge in [-0.3, -0.25) is 9.69 Å². The zero-order chi connectivity index (χ0) is 19.4. The van der Waals surface area contributed by atoms with E-state index in [1.807, 2.05) is 0 Å². The molecular formula is C18H16F3N3O2S. The van der Waals surface area contributed by atoms with Crippen LogP contribution >= 0.6 is 11.3 Å². The molecule has 5 nitrogen and oxygen atoms in total. The lowest BCUT2D eigenvalue weighted by atomic mass is 10.2. The largest absolute Gasteiger partial charge is 0.435 e. The molecule has 0 fully saturated rings. The Morgan fingerprint density at radius 1 is 1.26 bits per heavy atom. The van der Waals surface area contributed by atoms with Crippen molar-refractivity contribution < 1.29 is 22.7 Å². The number of likely N-dealkylation sites (N-methyl/N-ethyl adjacent to an activating group) is 1. The van der Waals surface area contributed by atoms with Crippen LogP contribution in [0.25, 0.3) is 10.2 Å². The zero-order valence-corrected chi connectivity index (χ0v) is 15.1. The first-order valence-electron chi connectivity index (χ1n) is 7.97. The number of carbonyl (C=O) groups excluding carboxylic acids is 1. The lowest BCUT2D eigenvalue weighted by Crippen LogP contribution is -2.29. The van der Waals surface area contributed by atoms with E-state index in [1.165, 1.54) is 35.6 Å². The summed E-state index contributed by atoms with van der Waals surface area (Å²) in [4.78, 5) is 18.2. The molecule has 0 saturated heterocycles. The van der Waals surface area contributed by atoms with Gasteiger partial charge in [0.05, 0.1) is 16.8 Å². The van der Waals surface area contributed by atoms with Crippen molar-refractivity contribution in [3.05, 3.63) is 53.8 Å². The van der Waals surface area contributed by atoms with Gasteiger partial charge in [-0.2, -0.15) is 8.78 Å². The Hall–Kier alpha value is -2.65. The van der Waals surface area contributed by atoms with Gasteiger partial charge in [0.15, 0.2) is 5.13 Å². The fourth-order valence-corrected chi connectivity index (χ4v) is 3.41. The number of anilines is 1. The molecule has 9 heteroatoms. The second kappa shape index (κ2) is 8.36. The molecule has 0 bridgehead atoms. The maximum absolute atomic E-state index is 13.2. The zero-order valence-electron chi connectivity index (χ0n) is 14.3. The molecule has 0 spiro atoms. The Balaban J connectivity index is 1.53. The summed E-state index contributed by atoms with van der Waals surface area (Å²) in [7, 11) is 1.76. The summed E-state index contributed by atoms with van der Waals surface area (Å²) in [6.07, 6.45) is 0. The molecule has 0 aliphatic rings. The summed E-state index contributed by atoms with van der Waals surface area (Å²) < 4.78 is 42.5. The number of rotatable bonds is 7. The van der Waals surface area contributed by atoms with Gasteiger partial charge in [0.25, 0.3) is 0 Å². The maximum atomic E-state index is 13.2. The number of hydrogen-bond acceptors (Lipinski definition) is 5. The number of thiazole rings is 1. The Kier molecular flexibility index (Phi) is 5.92. The number of ether oxygens (including phenoxy) is 1.